The molecule has 2 heterocycles. The summed E-state index contributed by atoms with van der Waals surface area (Å²) in [6.07, 6.45) is 0.340. The van der Waals surface area contributed by atoms with Crippen LogP contribution in [0.3, 0.4) is 0 Å². The van der Waals surface area contributed by atoms with E-state index in [2.05, 4.69) is 5.32 Å². The maximum Gasteiger partial charge on any atom is 0.410 e. The first-order valence-corrected chi connectivity index (χ1v) is 7.31. The van der Waals surface area contributed by atoms with E-state index in [4.69, 9.17) is 4.74 Å². The van der Waals surface area contributed by atoms with Crippen molar-refractivity contribution < 1.29 is 14.3 Å². The maximum absolute atomic E-state index is 12.1. The summed E-state index contributed by atoms with van der Waals surface area (Å²) in [5, 5.41) is 3.17. The average molecular weight is 283 g/mol. The first kappa shape index (κ1) is 15.1. The molecule has 6 nitrogen and oxygen atoms in total. The molecular formula is C14H25N3O3. The van der Waals surface area contributed by atoms with Gasteiger partial charge in [0.15, 0.2) is 0 Å². The fourth-order valence-corrected chi connectivity index (χ4v) is 2.33. The molecule has 114 valence electrons. The fourth-order valence-electron chi connectivity index (χ4n) is 2.33. The number of carbonyl (C=O) groups excluding carboxylic acids is 2. The first-order chi connectivity index (χ1) is 9.35. The number of amides is 2. The van der Waals surface area contributed by atoms with Crippen LogP contribution in [-0.2, 0) is 9.53 Å². The summed E-state index contributed by atoms with van der Waals surface area (Å²) in [4.78, 5) is 27.5. The van der Waals surface area contributed by atoms with E-state index in [1.807, 2.05) is 25.7 Å². The second-order valence-electron chi connectivity index (χ2n) is 6.58. The number of nitrogens with one attached hydrogen (secondary N) is 1. The van der Waals surface area contributed by atoms with Crippen molar-refractivity contribution in [1.29, 1.82) is 0 Å². The number of nitrogens with zero attached hydrogens (tertiary/aromatic N) is 2. The van der Waals surface area contributed by atoms with Crippen LogP contribution in [0.2, 0.25) is 0 Å². The molecule has 0 aromatic rings. The van der Waals surface area contributed by atoms with E-state index in [9.17, 15) is 9.59 Å². The minimum absolute atomic E-state index is 0.209. The molecule has 0 saturated carbocycles. The van der Waals surface area contributed by atoms with Crippen LogP contribution in [0.25, 0.3) is 0 Å². The summed E-state index contributed by atoms with van der Waals surface area (Å²) in [7, 11) is 0. The van der Waals surface area contributed by atoms with E-state index >= 15 is 0 Å². The zero-order valence-corrected chi connectivity index (χ0v) is 12.6. The zero-order chi connectivity index (χ0) is 14.8. The van der Waals surface area contributed by atoms with Crippen LogP contribution < -0.4 is 5.32 Å². The number of piperazine rings is 1. The summed E-state index contributed by atoms with van der Waals surface area (Å²) in [6.45, 7) is 9.81. The average Bonchev–Trinajstić information content (AvgIpc) is 2.31. The Hall–Kier alpha value is -1.30. The van der Waals surface area contributed by atoms with Crippen molar-refractivity contribution in [3.05, 3.63) is 0 Å². The van der Waals surface area contributed by atoms with Gasteiger partial charge in [-0.3, -0.25) is 4.79 Å². The molecule has 0 spiro atoms. The standard InChI is InChI=1S/C14H25N3O3/c1-14(2,3)20-13(19)17-6-4-16(5-7-17)12(18)8-11-9-15-10-11/h11,15H,4-10H2,1-3H3. The molecule has 0 bridgehead atoms. The van der Waals surface area contributed by atoms with Crippen molar-refractivity contribution in [1.82, 2.24) is 15.1 Å². The molecule has 0 unspecified atom stereocenters. The second-order valence-corrected chi connectivity index (χ2v) is 6.58. The molecule has 2 rings (SSSR count). The van der Waals surface area contributed by atoms with Crippen LogP contribution in [0.5, 0.6) is 0 Å². The van der Waals surface area contributed by atoms with Gasteiger partial charge in [0.25, 0.3) is 0 Å². The van der Waals surface area contributed by atoms with Crippen LogP contribution in [0.1, 0.15) is 27.2 Å². The van der Waals surface area contributed by atoms with Crippen LogP contribution in [0, 0.1) is 5.92 Å². The molecule has 20 heavy (non-hydrogen) atoms. The van der Waals surface area contributed by atoms with E-state index in [0.29, 0.717) is 38.5 Å². The predicted molar refractivity (Wildman–Crippen MR) is 75.4 cm³/mol. The zero-order valence-electron chi connectivity index (χ0n) is 12.6. The van der Waals surface area contributed by atoms with Crippen LogP contribution in [0.15, 0.2) is 0 Å². The SMILES string of the molecule is CC(C)(C)OC(=O)N1CCN(C(=O)CC2CNC2)CC1. The van der Waals surface area contributed by atoms with Gasteiger partial charge in [-0.2, -0.15) is 0 Å². The Morgan fingerprint density at radius 1 is 1.10 bits per heavy atom. The van der Waals surface area contributed by atoms with Crippen molar-refractivity contribution in [3.63, 3.8) is 0 Å². The van der Waals surface area contributed by atoms with Crippen molar-refractivity contribution in [3.8, 4) is 0 Å². The highest BCUT2D eigenvalue weighted by Gasteiger charge is 2.29. The lowest BCUT2D eigenvalue weighted by molar-refractivity contribution is -0.134. The first-order valence-electron chi connectivity index (χ1n) is 7.31. The van der Waals surface area contributed by atoms with Crippen LogP contribution in [-0.4, -0.2) is 66.7 Å². The van der Waals surface area contributed by atoms with Gasteiger partial charge >= 0.3 is 6.09 Å². The molecule has 2 fully saturated rings. The molecule has 0 aromatic carbocycles. The van der Waals surface area contributed by atoms with Gasteiger partial charge in [-0.25, -0.2) is 4.79 Å². The molecule has 0 atom stereocenters. The van der Waals surface area contributed by atoms with Crippen molar-refractivity contribution >= 4 is 12.0 Å². The minimum atomic E-state index is -0.471. The lowest BCUT2D eigenvalue weighted by Gasteiger charge is -2.37. The highest BCUT2D eigenvalue weighted by molar-refractivity contribution is 5.77. The largest absolute Gasteiger partial charge is 0.444 e. The highest BCUT2D eigenvalue weighted by Crippen LogP contribution is 2.14. The van der Waals surface area contributed by atoms with Gasteiger partial charge in [-0.15, -0.1) is 0 Å². The lowest BCUT2D eigenvalue weighted by Crippen LogP contribution is -2.53. The summed E-state index contributed by atoms with van der Waals surface area (Å²) in [6, 6.07) is 0. The number of rotatable bonds is 2. The van der Waals surface area contributed by atoms with E-state index in [1.54, 1.807) is 4.90 Å². The maximum atomic E-state index is 12.1. The molecule has 2 saturated heterocycles. The highest BCUT2D eigenvalue weighted by atomic mass is 16.6. The van der Waals surface area contributed by atoms with Gasteiger partial charge in [0.1, 0.15) is 5.60 Å². The Morgan fingerprint density at radius 3 is 2.10 bits per heavy atom. The monoisotopic (exact) mass is 283 g/mol. The molecule has 0 aliphatic carbocycles. The molecule has 0 radical (unpaired) electrons. The molecule has 2 aliphatic rings. The third-order valence-corrected chi connectivity index (χ3v) is 3.61. The van der Waals surface area contributed by atoms with E-state index in [0.717, 1.165) is 13.1 Å². The van der Waals surface area contributed by atoms with Crippen molar-refractivity contribution in [2.24, 2.45) is 5.92 Å². The van der Waals surface area contributed by atoms with Crippen molar-refractivity contribution in [2.75, 3.05) is 39.3 Å². The van der Waals surface area contributed by atoms with E-state index < -0.39 is 5.60 Å². The predicted octanol–water partition coefficient (Wildman–Crippen LogP) is 0.675. The molecule has 6 heteroatoms. The molecule has 1 N–H and O–H groups in total. The van der Waals surface area contributed by atoms with Gasteiger partial charge in [0.05, 0.1) is 0 Å². The van der Waals surface area contributed by atoms with E-state index in [1.165, 1.54) is 0 Å². The van der Waals surface area contributed by atoms with Crippen LogP contribution >= 0.6 is 0 Å². The van der Waals surface area contributed by atoms with Gasteiger partial charge in [-0.1, -0.05) is 0 Å². The van der Waals surface area contributed by atoms with Gasteiger partial charge in [0.2, 0.25) is 5.91 Å². The smallest absolute Gasteiger partial charge is 0.410 e. The molecule has 2 aliphatic heterocycles. The Morgan fingerprint density at radius 2 is 1.65 bits per heavy atom. The second kappa shape index (κ2) is 5.99. The summed E-state index contributed by atoms with van der Waals surface area (Å²) >= 11 is 0. The quantitative estimate of drug-likeness (QED) is 0.809. The minimum Gasteiger partial charge on any atom is -0.444 e. The Labute approximate surface area is 120 Å². The number of hydrogen-bond donors (Lipinski definition) is 1. The Kier molecular flexibility index (Phi) is 4.52. The van der Waals surface area contributed by atoms with Gasteiger partial charge in [0, 0.05) is 32.6 Å². The third-order valence-electron chi connectivity index (χ3n) is 3.61. The third kappa shape index (κ3) is 4.10. The number of ether oxygens (including phenoxy) is 1. The van der Waals surface area contributed by atoms with E-state index in [-0.39, 0.29) is 12.0 Å². The summed E-state index contributed by atoms with van der Waals surface area (Å²) < 4.78 is 5.34. The Bertz CT molecular complexity index is 366. The number of carbonyl (C=O) groups is 2. The fraction of sp³-hybridized carbons (Fsp3) is 0.857. The van der Waals surface area contributed by atoms with Gasteiger partial charge < -0.3 is 19.9 Å². The topological polar surface area (TPSA) is 61.9 Å². The van der Waals surface area contributed by atoms with Crippen molar-refractivity contribution in [2.45, 2.75) is 32.8 Å². The molecular weight excluding hydrogens is 258 g/mol. The number of hydrogen-bond acceptors (Lipinski definition) is 4. The Balaban J connectivity index is 1.74. The summed E-state index contributed by atoms with van der Waals surface area (Å²) in [5.74, 6) is 0.701. The van der Waals surface area contributed by atoms with Gasteiger partial charge in [-0.05, 0) is 39.8 Å². The summed E-state index contributed by atoms with van der Waals surface area (Å²) in [5.41, 5.74) is -0.471. The molecule has 2 amide bonds. The lowest BCUT2D eigenvalue weighted by atomic mass is 9.98. The molecule has 0 aromatic heterocycles. The normalized spacial score (nSPS) is 20.6. The van der Waals surface area contributed by atoms with Crippen LogP contribution in [0.4, 0.5) is 4.79 Å².